The van der Waals surface area contributed by atoms with Crippen LogP contribution in [-0.2, 0) is 9.53 Å². The molecule has 2 nitrogen and oxygen atoms in total. The number of carbonyl (C=O) groups excluding carboxylic acids is 1. The largest absolute Gasteiger partial charge is 0.372 e. The van der Waals surface area contributed by atoms with E-state index in [1.165, 1.54) is 51.4 Å². The van der Waals surface area contributed by atoms with E-state index in [1.54, 1.807) is 5.57 Å². The van der Waals surface area contributed by atoms with Crippen LogP contribution in [0.25, 0.3) is 0 Å². The molecule has 0 radical (unpaired) electrons. The van der Waals surface area contributed by atoms with Crippen LogP contribution in [0.2, 0.25) is 0 Å². The summed E-state index contributed by atoms with van der Waals surface area (Å²) in [7, 11) is 0. The predicted molar refractivity (Wildman–Crippen MR) is 127 cm³/mol. The molecule has 5 aliphatic rings. The minimum absolute atomic E-state index is 0.0616. The van der Waals surface area contributed by atoms with Crippen molar-refractivity contribution in [3.8, 4) is 0 Å². The van der Waals surface area contributed by atoms with E-state index in [0.29, 0.717) is 34.6 Å². The Morgan fingerprint density at radius 1 is 0.871 bits per heavy atom. The summed E-state index contributed by atoms with van der Waals surface area (Å²) in [5.74, 6) is 2.77. The van der Waals surface area contributed by atoms with Gasteiger partial charge in [0.05, 0.1) is 11.7 Å². The molecule has 1 saturated heterocycles. The molecule has 0 amide bonds. The highest BCUT2D eigenvalue weighted by Crippen LogP contribution is 2.71. The van der Waals surface area contributed by atoms with E-state index in [4.69, 9.17) is 4.74 Å². The van der Waals surface area contributed by atoms with Gasteiger partial charge in [-0.25, -0.2) is 0 Å². The highest BCUT2D eigenvalue weighted by Gasteiger charge is 2.62. The summed E-state index contributed by atoms with van der Waals surface area (Å²) in [6, 6.07) is 0. The number of hydrogen-bond acceptors (Lipinski definition) is 2. The van der Waals surface area contributed by atoms with Gasteiger partial charge in [-0.1, -0.05) is 45.8 Å². The molecule has 1 heterocycles. The maximum Gasteiger partial charge on any atom is 0.136 e. The zero-order chi connectivity index (χ0) is 22.4. The Bertz CT molecular complexity index is 808. The number of hydrogen-bond donors (Lipinski definition) is 0. The molecule has 5 rings (SSSR count). The van der Waals surface area contributed by atoms with Crippen molar-refractivity contribution in [2.45, 2.75) is 124 Å². The first-order valence-electron chi connectivity index (χ1n) is 13.4. The number of fused-ring (bicyclic) bond motifs is 4. The first-order valence-corrected chi connectivity index (χ1v) is 13.4. The van der Waals surface area contributed by atoms with Gasteiger partial charge in [0.25, 0.3) is 0 Å². The molecule has 2 saturated carbocycles. The van der Waals surface area contributed by atoms with Crippen molar-refractivity contribution in [3.05, 3.63) is 11.1 Å². The molecule has 4 aliphatic carbocycles. The zero-order valence-electron chi connectivity index (χ0n) is 21.3. The average molecular weight is 427 g/mol. The van der Waals surface area contributed by atoms with Gasteiger partial charge in [-0.2, -0.15) is 0 Å². The molecule has 0 spiro atoms. The van der Waals surface area contributed by atoms with Crippen LogP contribution in [0.1, 0.15) is 113 Å². The summed E-state index contributed by atoms with van der Waals surface area (Å²) < 4.78 is 6.55. The molecule has 0 N–H and O–H groups in total. The topological polar surface area (TPSA) is 26.3 Å². The molecule has 2 heteroatoms. The van der Waals surface area contributed by atoms with Crippen molar-refractivity contribution >= 4 is 5.78 Å². The van der Waals surface area contributed by atoms with E-state index in [2.05, 4.69) is 48.5 Å². The van der Waals surface area contributed by atoms with Crippen LogP contribution in [0, 0.1) is 39.9 Å². The zero-order valence-corrected chi connectivity index (χ0v) is 21.3. The Kier molecular flexibility index (Phi) is 4.96. The maximum atomic E-state index is 12.5. The number of allylic oxidation sites excluding steroid dienone is 2. The van der Waals surface area contributed by atoms with Gasteiger partial charge >= 0.3 is 0 Å². The quantitative estimate of drug-likeness (QED) is 0.427. The smallest absolute Gasteiger partial charge is 0.136 e. The van der Waals surface area contributed by atoms with E-state index in [9.17, 15) is 4.79 Å². The molecule has 0 aromatic carbocycles. The molecule has 8 atom stereocenters. The second-order valence-electron chi connectivity index (χ2n) is 13.5. The Labute approximate surface area is 191 Å². The number of carbonyl (C=O) groups is 1. The maximum absolute atomic E-state index is 12.5. The minimum Gasteiger partial charge on any atom is -0.372 e. The van der Waals surface area contributed by atoms with Gasteiger partial charge in [0, 0.05) is 12.3 Å². The van der Waals surface area contributed by atoms with Crippen molar-refractivity contribution < 1.29 is 9.53 Å². The van der Waals surface area contributed by atoms with Crippen LogP contribution >= 0.6 is 0 Å². The molecular formula is C29H46O2. The van der Waals surface area contributed by atoms with Crippen molar-refractivity contribution in [2.24, 2.45) is 39.9 Å². The minimum atomic E-state index is 0.0616. The Balaban J connectivity index is 1.47. The second-order valence-corrected chi connectivity index (χ2v) is 13.5. The van der Waals surface area contributed by atoms with Gasteiger partial charge in [-0.15, -0.1) is 0 Å². The van der Waals surface area contributed by atoms with E-state index in [-0.39, 0.29) is 16.9 Å². The average Bonchev–Trinajstić information content (AvgIpc) is 3.21. The third-order valence-electron chi connectivity index (χ3n) is 11.9. The molecule has 0 aromatic heterocycles. The van der Waals surface area contributed by atoms with Gasteiger partial charge in [0.1, 0.15) is 5.78 Å². The first-order chi connectivity index (χ1) is 14.4. The highest BCUT2D eigenvalue weighted by molar-refractivity contribution is 5.82. The number of Topliss-reactive ketones (excluding diaryl/α,β-unsaturated/α-hetero) is 1. The monoisotopic (exact) mass is 426 g/mol. The van der Waals surface area contributed by atoms with Crippen molar-refractivity contribution in [3.63, 3.8) is 0 Å². The summed E-state index contributed by atoms with van der Waals surface area (Å²) in [6.07, 6.45) is 12.6. The van der Waals surface area contributed by atoms with Crippen LogP contribution in [0.3, 0.4) is 0 Å². The van der Waals surface area contributed by atoms with E-state index >= 15 is 0 Å². The molecule has 8 unspecified atom stereocenters. The third-order valence-corrected chi connectivity index (χ3v) is 11.9. The lowest BCUT2D eigenvalue weighted by Crippen LogP contribution is -2.51. The molecule has 0 bridgehead atoms. The molecular weight excluding hydrogens is 380 g/mol. The van der Waals surface area contributed by atoms with Crippen LogP contribution in [0.15, 0.2) is 11.1 Å². The Morgan fingerprint density at radius 2 is 1.61 bits per heavy atom. The summed E-state index contributed by atoms with van der Waals surface area (Å²) >= 11 is 0. The van der Waals surface area contributed by atoms with Gasteiger partial charge in [0.2, 0.25) is 0 Å². The normalized spacial score (nSPS) is 50.1. The predicted octanol–water partition coefficient (Wildman–Crippen LogP) is 7.51. The fraction of sp³-hybridized carbons (Fsp3) is 0.897. The molecule has 0 aromatic rings. The Morgan fingerprint density at radius 3 is 2.29 bits per heavy atom. The molecule has 174 valence electrons. The molecule has 3 fully saturated rings. The molecule has 31 heavy (non-hydrogen) atoms. The van der Waals surface area contributed by atoms with Crippen LogP contribution in [0.4, 0.5) is 0 Å². The highest BCUT2D eigenvalue weighted by atomic mass is 16.5. The first kappa shape index (κ1) is 22.2. The summed E-state index contributed by atoms with van der Waals surface area (Å²) in [5.41, 5.74) is 4.70. The van der Waals surface area contributed by atoms with Crippen molar-refractivity contribution in [1.82, 2.24) is 0 Å². The second kappa shape index (κ2) is 6.94. The summed E-state index contributed by atoms with van der Waals surface area (Å²) in [5, 5.41) is 0. The SMILES string of the molecule is CC1C(=O)CCC2(C)C3=C(CCC12)C1(C)CCC(C(C)C2CCC(C)(C)O2)C1(C)CC3. The lowest BCUT2D eigenvalue weighted by Gasteiger charge is -2.59. The summed E-state index contributed by atoms with van der Waals surface area (Å²) in [4.78, 5) is 12.5. The third kappa shape index (κ3) is 2.95. The lowest BCUT2D eigenvalue weighted by atomic mass is 9.45. The lowest BCUT2D eigenvalue weighted by molar-refractivity contribution is -0.130. The number of rotatable bonds is 2. The Hall–Kier alpha value is -0.630. The summed E-state index contributed by atoms with van der Waals surface area (Å²) in [6.45, 7) is 17.1. The van der Waals surface area contributed by atoms with Gasteiger partial charge in [-0.05, 0) is 106 Å². The standard InChI is InChI=1S/C29H46O2/c1-18-20-8-9-23-22(27(20,5)15-12-24(18)30)11-17-28(6)21(10-16-29(23,28)7)19(2)25-13-14-26(3,4)31-25/h18-21,25H,8-17H2,1-7H3. The van der Waals surface area contributed by atoms with E-state index in [0.717, 1.165) is 18.8 Å². The van der Waals surface area contributed by atoms with E-state index < -0.39 is 0 Å². The fourth-order valence-corrected chi connectivity index (χ4v) is 9.65. The van der Waals surface area contributed by atoms with Crippen LogP contribution in [-0.4, -0.2) is 17.5 Å². The number of ether oxygens (including phenoxy) is 1. The van der Waals surface area contributed by atoms with Crippen molar-refractivity contribution in [1.29, 1.82) is 0 Å². The van der Waals surface area contributed by atoms with Crippen molar-refractivity contribution in [2.75, 3.05) is 0 Å². The van der Waals surface area contributed by atoms with E-state index in [1.807, 2.05) is 5.57 Å². The van der Waals surface area contributed by atoms with Crippen LogP contribution in [0.5, 0.6) is 0 Å². The fourth-order valence-electron chi connectivity index (χ4n) is 9.65. The molecule has 1 aliphatic heterocycles. The van der Waals surface area contributed by atoms with Gasteiger partial charge in [-0.3, -0.25) is 4.79 Å². The number of ketones is 1. The van der Waals surface area contributed by atoms with Gasteiger partial charge < -0.3 is 4.74 Å². The van der Waals surface area contributed by atoms with Gasteiger partial charge in [0.15, 0.2) is 0 Å². The van der Waals surface area contributed by atoms with Crippen LogP contribution < -0.4 is 0 Å².